The summed E-state index contributed by atoms with van der Waals surface area (Å²) in [4.78, 5) is 8.55. The monoisotopic (exact) mass is 192 g/mol. The van der Waals surface area contributed by atoms with Crippen molar-refractivity contribution in [1.82, 2.24) is 15.3 Å². The molecule has 0 amide bonds. The van der Waals surface area contributed by atoms with Crippen LogP contribution in [0.5, 0.6) is 0 Å². The van der Waals surface area contributed by atoms with Crippen molar-refractivity contribution in [2.75, 3.05) is 6.54 Å². The van der Waals surface area contributed by atoms with Gasteiger partial charge in [0.05, 0.1) is 5.54 Å². The van der Waals surface area contributed by atoms with Crippen LogP contribution in [0.3, 0.4) is 0 Å². The summed E-state index contributed by atoms with van der Waals surface area (Å²) in [5.41, 5.74) is 5.72. The number of nitrogens with one attached hydrogen (secondary N) is 1. The molecule has 76 valence electrons. The number of hydrogen-bond donors (Lipinski definition) is 2. The van der Waals surface area contributed by atoms with Gasteiger partial charge in [0.1, 0.15) is 5.82 Å². The lowest BCUT2D eigenvalue weighted by molar-refractivity contribution is 0.469. The van der Waals surface area contributed by atoms with Gasteiger partial charge in [-0.2, -0.15) is 0 Å². The molecule has 4 nitrogen and oxygen atoms in total. The van der Waals surface area contributed by atoms with E-state index in [1.807, 2.05) is 13.0 Å². The third kappa shape index (κ3) is 1.91. The molecule has 1 heterocycles. The van der Waals surface area contributed by atoms with E-state index in [4.69, 9.17) is 5.73 Å². The van der Waals surface area contributed by atoms with Gasteiger partial charge in [0.2, 0.25) is 0 Å². The van der Waals surface area contributed by atoms with Crippen LogP contribution in [0.4, 0.5) is 0 Å². The van der Waals surface area contributed by atoms with Crippen LogP contribution in [0.1, 0.15) is 25.6 Å². The van der Waals surface area contributed by atoms with Gasteiger partial charge in [-0.05, 0) is 25.8 Å². The van der Waals surface area contributed by atoms with E-state index in [0.717, 1.165) is 25.2 Å². The molecule has 0 unspecified atom stereocenters. The van der Waals surface area contributed by atoms with E-state index in [2.05, 4.69) is 15.3 Å². The quantitative estimate of drug-likeness (QED) is 0.725. The van der Waals surface area contributed by atoms with Crippen molar-refractivity contribution in [2.45, 2.75) is 31.3 Å². The maximum absolute atomic E-state index is 5.70. The molecule has 0 spiro atoms. The first-order valence-electron chi connectivity index (χ1n) is 5.01. The largest absolute Gasteiger partial charge is 0.327 e. The molecule has 2 rings (SSSR count). The molecule has 1 aliphatic rings. The lowest BCUT2D eigenvalue weighted by atomic mass is 10.2. The van der Waals surface area contributed by atoms with E-state index in [1.54, 1.807) is 12.4 Å². The minimum Gasteiger partial charge on any atom is -0.327 e. The van der Waals surface area contributed by atoms with Crippen LogP contribution in [-0.2, 0) is 5.54 Å². The van der Waals surface area contributed by atoms with Gasteiger partial charge in [-0.25, -0.2) is 9.97 Å². The van der Waals surface area contributed by atoms with Gasteiger partial charge in [0, 0.05) is 25.0 Å². The van der Waals surface area contributed by atoms with E-state index in [1.165, 1.54) is 0 Å². The van der Waals surface area contributed by atoms with Crippen molar-refractivity contribution in [3.05, 3.63) is 24.3 Å². The molecule has 1 aromatic heterocycles. The van der Waals surface area contributed by atoms with Gasteiger partial charge in [0.25, 0.3) is 0 Å². The highest BCUT2D eigenvalue weighted by Gasteiger charge is 2.46. The summed E-state index contributed by atoms with van der Waals surface area (Å²) < 4.78 is 0. The minimum atomic E-state index is 0.0227. The predicted octanol–water partition coefficient (Wildman–Crippen LogP) is 0.402. The Morgan fingerprint density at radius 1 is 1.50 bits per heavy atom. The van der Waals surface area contributed by atoms with Crippen molar-refractivity contribution >= 4 is 0 Å². The highest BCUT2D eigenvalue weighted by atomic mass is 15.1. The maximum atomic E-state index is 5.70. The van der Waals surface area contributed by atoms with E-state index in [9.17, 15) is 0 Å². The molecule has 0 radical (unpaired) electrons. The van der Waals surface area contributed by atoms with E-state index in [-0.39, 0.29) is 11.6 Å². The van der Waals surface area contributed by atoms with Crippen molar-refractivity contribution < 1.29 is 0 Å². The fourth-order valence-electron chi connectivity index (χ4n) is 1.51. The predicted molar refractivity (Wildman–Crippen MR) is 54.6 cm³/mol. The molecule has 1 atom stereocenters. The minimum absolute atomic E-state index is 0.0227. The zero-order chi connectivity index (χ0) is 10.0. The van der Waals surface area contributed by atoms with Crippen LogP contribution >= 0.6 is 0 Å². The Balaban J connectivity index is 2.03. The summed E-state index contributed by atoms with van der Waals surface area (Å²) >= 11 is 0. The fraction of sp³-hybridized carbons (Fsp3) is 0.600. The fourth-order valence-corrected chi connectivity index (χ4v) is 1.51. The Bertz CT molecular complexity index is 292. The topological polar surface area (TPSA) is 63.8 Å². The van der Waals surface area contributed by atoms with Crippen LogP contribution in [0.2, 0.25) is 0 Å². The molecule has 0 saturated heterocycles. The van der Waals surface area contributed by atoms with Crippen molar-refractivity contribution in [3.8, 4) is 0 Å². The van der Waals surface area contributed by atoms with Gasteiger partial charge in [0.15, 0.2) is 0 Å². The van der Waals surface area contributed by atoms with E-state index in [0.29, 0.717) is 0 Å². The first kappa shape index (κ1) is 9.55. The van der Waals surface area contributed by atoms with Crippen LogP contribution < -0.4 is 11.1 Å². The first-order chi connectivity index (χ1) is 6.73. The van der Waals surface area contributed by atoms with Gasteiger partial charge < -0.3 is 11.1 Å². The molecule has 0 bridgehead atoms. The van der Waals surface area contributed by atoms with Crippen LogP contribution in [0.15, 0.2) is 18.5 Å². The Kier molecular flexibility index (Phi) is 2.48. The van der Waals surface area contributed by atoms with Crippen molar-refractivity contribution in [1.29, 1.82) is 0 Å². The van der Waals surface area contributed by atoms with Gasteiger partial charge in [-0.1, -0.05) is 0 Å². The average molecular weight is 192 g/mol. The zero-order valence-electron chi connectivity index (χ0n) is 8.40. The lowest BCUT2D eigenvalue weighted by Crippen LogP contribution is -2.39. The zero-order valence-corrected chi connectivity index (χ0v) is 8.40. The molecular formula is C10H16N4. The summed E-state index contributed by atoms with van der Waals surface area (Å²) in [6, 6.07) is 2.02. The van der Waals surface area contributed by atoms with Crippen LogP contribution in [0, 0.1) is 0 Å². The first-order valence-corrected chi connectivity index (χ1v) is 5.01. The molecule has 0 aromatic carbocycles. The smallest absolute Gasteiger partial charge is 0.148 e. The maximum Gasteiger partial charge on any atom is 0.148 e. The normalized spacial score (nSPS) is 20.4. The molecule has 14 heavy (non-hydrogen) atoms. The van der Waals surface area contributed by atoms with E-state index < -0.39 is 0 Å². The third-order valence-electron chi connectivity index (χ3n) is 2.51. The second-order valence-corrected chi connectivity index (χ2v) is 4.01. The Morgan fingerprint density at radius 3 is 2.64 bits per heavy atom. The van der Waals surface area contributed by atoms with E-state index >= 15 is 0 Å². The Morgan fingerprint density at radius 2 is 2.14 bits per heavy atom. The van der Waals surface area contributed by atoms with Crippen LogP contribution in [-0.4, -0.2) is 22.6 Å². The third-order valence-corrected chi connectivity index (χ3v) is 2.51. The summed E-state index contributed by atoms with van der Waals surface area (Å²) in [5, 5.41) is 3.44. The highest BCUT2D eigenvalue weighted by Crippen LogP contribution is 2.43. The summed E-state index contributed by atoms with van der Waals surface area (Å²) in [5.74, 6) is 0.903. The molecule has 1 fully saturated rings. The van der Waals surface area contributed by atoms with Gasteiger partial charge in [-0.3, -0.25) is 0 Å². The number of rotatable bonds is 4. The molecule has 4 heteroatoms. The Labute approximate surface area is 83.9 Å². The van der Waals surface area contributed by atoms with Crippen molar-refractivity contribution in [2.24, 2.45) is 5.73 Å². The highest BCUT2D eigenvalue weighted by molar-refractivity contribution is 5.15. The molecular weight excluding hydrogens is 176 g/mol. The average Bonchev–Trinajstić information content (AvgIpc) is 2.97. The number of nitrogens with zero attached hydrogens (tertiary/aromatic N) is 2. The number of nitrogens with two attached hydrogens (primary N) is 1. The molecule has 1 aliphatic carbocycles. The molecule has 0 aliphatic heterocycles. The summed E-state index contributed by atoms with van der Waals surface area (Å²) in [7, 11) is 0. The van der Waals surface area contributed by atoms with Gasteiger partial charge in [-0.15, -0.1) is 0 Å². The number of hydrogen-bond acceptors (Lipinski definition) is 4. The Hall–Kier alpha value is -1.00. The second kappa shape index (κ2) is 3.63. The van der Waals surface area contributed by atoms with Crippen molar-refractivity contribution in [3.63, 3.8) is 0 Å². The van der Waals surface area contributed by atoms with Crippen LogP contribution in [0.25, 0.3) is 0 Å². The molecule has 3 N–H and O–H groups in total. The number of aromatic nitrogens is 2. The SMILES string of the molecule is C[C@H](N)CNC1(c2ncccn2)CC1. The standard InChI is InChI=1S/C10H16N4/c1-8(11)7-14-10(3-4-10)9-12-5-2-6-13-9/h2,5-6,8,14H,3-4,7,11H2,1H3/t8-/m0/s1. The summed E-state index contributed by atoms with van der Waals surface area (Å²) in [6.07, 6.45) is 5.80. The summed E-state index contributed by atoms with van der Waals surface area (Å²) in [6.45, 7) is 2.81. The molecule has 1 saturated carbocycles. The second-order valence-electron chi connectivity index (χ2n) is 4.01. The van der Waals surface area contributed by atoms with Gasteiger partial charge >= 0.3 is 0 Å². The molecule has 1 aromatic rings. The lowest BCUT2D eigenvalue weighted by Gasteiger charge is -2.16.